The minimum absolute atomic E-state index is 0.0956. The molecule has 1 atom stereocenters. The number of esters is 1. The molecule has 2 aromatic carbocycles. The zero-order valence-corrected chi connectivity index (χ0v) is 18.7. The van der Waals surface area contributed by atoms with Crippen LogP contribution >= 0.6 is 0 Å². The smallest absolute Gasteiger partial charge is 0.324 e. The molecular formula is C19H22FN3O7S2. The van der Waals surface area contributed by atoms with Crippen molar-refractivity contribution in [3.8, 4) is 0 Å². The van der Waals surface area contributed by atoms with E-state index in [9.17, 15) is 30.8 Å². The highest BCUT2D eigenvalue weighted by Gasteiger charge is 2.31. The second-order valence-electron chi connectivity index (χ2n) is 7.00. The maximum absolute atomic E-state index is 13.9. The Hall–Kier alpha value is -2.87. The van der Waals surface area contributed by atoms with Gasteiger partial charge in [-0.3, -0.25) is 9.59 Å². The average Bonchev–Trinajstić information content (AvgIpc) is 2.70. The Balaban J connectivity index is 2.04. The van der Waals surface area contributed by atoms with Gasteiger partial charge in [0.15, 0.2) is 6.61 Å². The van der Waals surface area contributed by atoms with Crippen LogP contribution in [0.1, 0.15) is 13.8 Å². The quantitative estimate of drug-likeness (QED) is 0.444. The molecule has 2 rings (SSSR count). The number of anilines is 1. The molecule has 0 aromatic heterocycles. The second-order valence-corrected chi connectivity index (χ2v) is 10.2. The largest absolute Gasteiger partial charge is 0.454 e. The molecule has 10 nitrogen and oxygen atoms in total. The Morgan fingerprint density at radius 2 is 1.72 bits per heavy atom. The maximum atomic E-state index is 13.9. The van der Waals surface area contributed by atoms with Crippen LogP contribution in [0.25, 0.3) is 0 Å². The third kappa shape index (κ3) is 6.82. The highest BCUT2D eigenvalue weighted by atomic mass is 32.2. The predicted molar refractivity (Wildman–Crippen MR) is 113 cm³/mol. The van der Waals surface area contributed by atoms with E-state index < -0.39 is 61.2 Å². The summed E-state index contributed by atoms with van der Waals surface area (Å²) in [6, 6.07) is 8.37. The second kappa shape index (κ2) is 10.2. The lowest BCUT2D eigenvalue weighted by Crippen LogP contribution is -2.46. The molecule has 32 heavy (non-hydrogen) atoms. The summed E-state index contributed by atoms with van der Waals surface area (Å²) in [6.45, 7) is 2.30. The number of carbonyl (C=O) groups excluding carboxylic acids is 2. The zero-order valence-electron chi connectivity index (χ0n) is 17.1. The summed E-state index contributed by atoms with van der Waals surface area (Å²) >= 11 is 0. The summed E-state index contributed by atoms with van der Waals surface area (Å²) in [7, 11) is -8.36. The molecule has 174 valence electrons. The monoisotopic (exact) mass is 487 g/mol. The van der Waals surface area contributed by atoms with Gasteiger partial charge in [-0.25, -0.2) is 26.4 Å². The van der Waals surface area contributed by atoms with Crippen LogP contribution in [0.5, 0.6) is 0 Å². The molecule has 0 aliphatic carbocycles. The first-order valence-corrected chi connectivity index (χ1v) is 12.2. The molecule has 1 amide bonds. The van der Waals surface area contributed by atoms with Gasteiger partial charge in [0.25, 0.3) is 5.91 Å². The summed E-state index contributed by atoms with van der Waals surface area (Å²) in [6.07, 6.45) is 0. The molecule has 0 aliphatic rings. The van der Waals surface area contributed by atoms with E-state index in [4.69, 9.17) is 9.88 Å². The molecule has 0 saturated heterocycles. The minimum Gasteiger partial charge on any atom is -0.454 e. The van der Waals surface area contributed by atoms with E-state index in [0.717, 1.165) is 18.2 Å². The summed E-state index contributed by atoms with van der Waals surface area (Å²) < 4.78 is 68.5. The van der Waals surface area contributed by atoms with E-state index in [1.165, 1.54) is 44.2 Å². The number of ether oxygens (including phenoxy) is 1. The molecule has 0 heterocycles. The number of primary sulfonamides is 1. The van der Waals surface area contributed by atoms with Crippen LogP contribution in [0.3, 0.4) is 0 Å². The minimum atomic E-state index is -4.38. The van der Waals surface area contributed by atoms with Gasteiger partial charge in [0.05, 0.1) is 4.90 Å². The number of rotatable bonds is 9. The number of amides is 1. The molecule has 0 radical (unpaired) electrons. The molecular weight excluding hydrogens is 465 g/mol. The number of hydrogen-bond donors (Lipinski definition) is 3. The van der Waals surface area contributed by atoms with E-state index >= 15 is 0 Å². The van der Waals surface area contributed by atoms with Gasteiger partial charge in [0.1, 0.15) is 16.8 Å². The van der Waals surface area contributed by atoms with Crippen molar-refractivity contribution in [2.75, 3.05) is 11.9 Å². The van der Waals surface area contributed by atoms with Gasteiger partial charge in [-0.1, -0.05) is 32.0 Å². The van der Waals surface area contributed by atoms with Crippen molar-refractivity contribution in [2.45, 2.75) is 29.7 Å². The van der Waals surface area contributed by atoms with Gasteiger partial charge >= 0.3 is 5.97 Å². The molecule has 0 fully saturated rings. The van der Waals surface area contributed by atoms with Crippen LogP contribution in [0, 0.1) is 11.7 Å². The molecule has 13 heteroatoms. The Bertz CT molecular complexity index is 1210. The Kier molecular flexibility index (Phi) is 8.07. The van der Waals surface area contributed by atoms with Gasteiger partial charge in [-0.05, 0) is 36.2 Å². The number of nitrogens with two attached hydrogens (primary N) is 1. The lowest BCUT2D eigenvalue weighted by atomic mass is 10.1. The average molecular weight is 488 g/mol. The fourth-order valence-electron chi connectivity index (χ4n) is 2.52. The SMILES string of the molecule is CC(C)[C@@H](NS(=O)(=O)c1ccccc1F)C(=O)OCC(=O)Nc1cccc(S(N)(=O)=O)c1. The lowest BCUT2D eigenvalue weighted by molar-refractivity contribution is -0.150. The molecule has 0 bridgehead atoms. The van der Waals surface area contributed by atoms with E-state index in [1.54, 1.807) is 0 Å². The fraction of sp³-hybridized carbons (Fsp3) is 0.263. The van der Waals surface area contributed by atoms with E-state index in [-0.39, 0.29) is 10.6 Å². The van der Waals surface area contributed by atoms with Crippen molar-refractivity contribution >= 4 is 37.6 Å². The van der Waals surface area contributed by atoms with Crippen LogP contribution < -0.4 is 15.2 Å². The molecule has 0 unspecified atom stereocenters. The molecule has 0 spiro atoms. The number of carbonyl (C=O) groups is 2. The molecule has 4 N–H and O–H groups in total. The van der Waals surface area contributed by atoms with Crippen LogP contribution in [0.15, 0.2) is 58.3 Å². The summed E-state index contributed by atoms with van der Waals surface area (Å²) in [5.41, 5.74) is 0.0956. The number of sulfonamides is 2. The van der Waals surface area contributed by atoms with Gasteiger partial charge in [0.2, 0.25) is 20.0 Å². The van der Waals surface area contributed by atoms with Crippen molar-refractivity contribution in [3.63, 3.8) is 0 Å². The molecule has 0 saturated carbocycles. The normalized spacial score (nSPS) is 12.9. The van der Waals surface area contributed by atoms with Crippen LogP contribution in [-0.4, -0.2) is 41.4 Å². The van der Waals surface area contributed by atoms with Crippen LogP contribution in [-0.2, 0) is 34.4 Å². The van der Waals surface area contributed by atoms with Crippen molar-refractivity contribution in [1.82, 2.24) is 4.72 Å². The van der Waals surface area contributed by atoms with Gasteiger partial charge in [0, 0.05) is 5.69 Å². The van der Waals surface area contributed by atoms with Gasteiger partial charge in [-0.2, -0.15) is 4.72 Å². The zero-order chi connectivity index (χ0) is 24.1. The van der Waals surface area contributed by atoms with Crippen LogP contribution in [0.4, 0.5) is 10.1 Å². The summed E-state index contributed by atoms with van der Waals surface area (Å²) in [4.78, 5) is 23.6. The Labute approximate surface area is 185 Å². The highest BCUT2D eigenvalue weighted by molar-refractivity contribution is 7.89. The number of benzene rings is 2. The Morgan fingerprint density at radius 3 is 2.31 bits per heavy atom. The number of nitrogens with one attached hydrogen (secondary N) is 2. The van der Waals surface area contributed by atoms with E-state index in [2.05, 4.69) is 10.0 Å². The molecule has 2 aromatic rings. The Morgan fingerprint density at radius 1 is 1.06 bits per heavy atom. The maximum Gasteiger partial charge on any atom is 0.324 e. The molecule has 0 aliphatic heterocycles. The lowest BCUT2D eigenvalue weighted by Gasteiger charge is -2.21. The van der Waals surface area contributed by atoms with Crippen LogP contribution in [0.2, 0.25) is 0 Å². The topological polar surface area (TPSA) is 162 Å². The first-order valence-electron chi connectivity index (χ1n) is 9.17. The fourth-order valence-corrected chi connectivity index (χ4v) is 4.50. The number of halogens is 1. The predicted octanol–water partition coefficient (Wildman–Crippen LogP) is 0.958. The third-order valence-corrected chi connectivity index (χ3v) is 6.51. The van der Waals surface area contributed by atoms with Crippen molar-refractivity contribution in [1.29, 1.82) is 0 Å². The first-order chi connectivity index (χ1) is 14.8. The summed E-state index contributed by atoms with van der Waals surface area (Å²) in [5.74, 6) is -3.42. The van der Waals surface area contributed by atoms with Crippen molar-refractivity contribution in [3.05, 3.63) is 54.3 Å². The van der Waals surface area contributed by atoms with E-state index in [1.807, 2.05) is 0 Å². The third-order valence-electron chi connectivity index (χ3n) is 4.12. The van der Waals surface area contributed by atoms with Gasteiger partial charge in [-0.15, -0.1) is 0 Å². The van der Waals surface area contributed by atoms with Crippen molar-refractivity contribution in [2.24, 2.45) is 11.1 Å². The number of hydrogen-bond acceptors (Lipinski definition) is 7. The van der Waals surface area contributed by atoms with E-state index in [0.29, 0.717) is 0 Å². The van der Waals surface area contributed by atoms with Gasteiger partial charge < -0.3 is 10.1 Å². The summed E-state index contributed by atoms with van der Waals surface area (Å²) in [5, 5.41) is 7.36. The van der Waals surface area contributed by atoms with Crippen molar-refractivity contribution < 1.29 is 35.6 Å². The first kappa shape index (κ1) is 25.4. The standard InChI is InChI=1S/C19H22FN3O7S2/c1-12(2)18(23-32(28,29)16-9-4-3-8-15(16)20)19(25)30-11-17(24)22-13-6-5-7-14(10-13)31(21,26)27/h3-10,12,18,23H,11H2,1-2H3,(H,22,24)(H2,21,26,27)/t18-/m1/s1. The highest BCUT2D eigenvalue weighted by Crippen LogP contribution is 2.17.